The van der Waals surface area contributed by atoms with E-state index in [9.17, 15) is 9.59 Å². The number of aryl methyl sites for hydroxylation is 2. The van der Waals surface area contributed by atoms with E-state index >= 15 is 0 Å². The van der Waals surface area contributed by atoms with Crippen molar-refractivity contribution in [1.82, 2.24) is 5.43 Å². The standard InChI is InChI=1S/C49H52N4O5/c1-6-40-29-35(2)30-41(49(3,4)5)45(40)58-46-42(50-31-36-19-11-7-12-20-36)27-28-43(44(46)51-32-37-21-13-8-14-22-37)53(48(55)57-34-39-25-17-10-18-26-39)52-47(54)56-33-38-23-15-9-16-24-38/h7-30,50-51H,6,31-34H2,1-5H3,(H,52,54). The van der Waals surface area contributed by atoms with Gasteiger partial charge in [-0.25, -0.2) is 15.0 Å². The second-order valence-electron chi connectivity index (χ2n) is 15.1. The molecule has 0 heterocycles. The third-order valence-corrected chi connectivity index (χ3v) is 9.52. The van der Waals surface area contributed by atoms with Gasteiger partial charge in [-0.05, 0) is 58.7 Å². The van der Waals surface area contributed by atoms with Gasteiger partial charge in [0.2, 0.25) is 0 Å². The molecule has 2 amide bonds. The molecule has 0 bridgehead atoms. The van der Waals surface area contributed by atoms with E-state index < -0.39 is 12.2 Å². The zero-order valence-electron chi connectivity index (χ0n) is 33.9. The maximum Gasteiger partial charge on any atom is 0.434 e. The second kappa shape index (κ2) is 19.4. The molecule has 9 nitrogen and oxygen atoms in total. The van der Waals surface area contributed by atoms with Crippen LogP contribution in [0.1, 0.15) is 66.6 Å². The van der Waals surface area contributed by atoms with E-state index in [2.05, 4.69) is 74.9 Å². The molecular weight excluding hydrogens is 725 g/mol. The highest BCUT2D eigenvalue weighted by molar-refractivity contribution is 5.97. The van der Waals surface area contributed by atoms with Gasteiger partial charge in [-0.2, -0.15) is 5.01 Å². The van der Waals surface area contributed by atoms with E-state index in [1.54, 1.807) is 6.07 Å². The van der Waals surface area contributed by atoms with Crippen molar-refractivity contribution >= 4 is 29.2 Å². The number of anilines is 3. The van der Waals surface area contributed by atoms with Gasteiger partial charge in [-0.1, -0.05) is 167 Å². The number of hydrogen-bond acceptors (Lipinski definition) is 7. The lowest BCUT2D eigenvalue weighted by Crippen LogP contribution is -2.47. The number of amides is 2. The van der Waals surface area contributed by atoms with Crippen molar-refractivity contribution in [1.29, 1.82) is 0 Å². The average molecular weight is 777 g/mol. The number of benzene rings is 6. The number of hydrazine groups is 1. The predicted molar refractivity (Wildman–Crippen MR) is 232 cm³/mol. The number of carbonyl (C=O) groups is 2. The molecule has 0 radical (unpaired) electrons. The predicted octanol–water partition coefficient (Wildman–Crippen LogP) is 11.9. The van der Waals surface area contributed by atoms with Gasteiger partial charge >= 0.3 is 12.2 Å². The number of nitrogens with one attached hydrogen (secondary N) is 3. The van der Waals surface area contributed by atoms with Crippen molar-refractivity contribution in [2.75, 3.05) is 15.6 Å². The third kappa shape index (κ3) is 11.0. The fourth-order valence-corrected chi connectivity index (χ4v) is 6.48. The van der Waals surface area contributed by atoms with Gasteiger partial charge in [0.15, 0.2) is 5.75 Å². The van der Waals surface area contributed by atoms with Crippen molar-refractivity contribution < 1.29 is 23.8 Å². The Kier molecular flexibility index (Phi) is 13.7. The summed E-state index contributed by atoms with van der Waals surface area (Å²) in [7, 11) is 0. The van der Waals surface area contributed by atoms with Crippen LogP contribution in [0, 0.1) is 6.92 Å². The van der Waals surface area contributed by atoms with E-state index in [4.69, 9.17) is 14.2 Å². The van der Waals surface area contributed by atoms with Crippen LogP contribution in [0.5, 0.6) is 11.5 Å². The quantitative estimate of drug-likeness (QED) is 0.0947. The summed E-state index contributed by atoms with van der Waals surface area (Å²) in [6, 6.07) is 46.7. The smallest absolute Gasteiger partial charge is 0.434 e. The Labute approximate surface area is 342 Å². The molecule has 0 fully saturated rings. The third-order valence-electron chi connectivity index (χ3n) is 9.52. The van der Waals surface area contributed by atoms with Crippen LogP contribution in [-0.2, 0) is 47.6 Å². The lowest BCUT2D eigenvalue weighted by atomic mass is 9.83. The second-order valence-corrected chi connectivity index (χ2v) is 15.1. The summed E-state index contributed by atoms with van der Waals surface area (Å²) >= 11 is 0. The normalized spacial score (nSPS) is 11.0. The van der Waals surface area contributed by atoms with Crippen molar-refractivity contribution in [2.24, 2.45) is 0 Å². The Morgan fingerprint density at radius 1 is 0.621 bits per heavy atom. The van der Waals surface area contributed by atoms with Crippen LogP contribution in [0.2, 0.25) is 0 Å². The molecule has 58 heavy (non-hydrogen) atoms. The molecule has 6 rings (SSSR count). The lowest BCUT2D eigenvalue weighted by molar-refractivity contribution is 0.126. The van der Waals surface area contributed by atoms with Crippen LogP contribution in [0.15, 0.2) is 146 Å². The number of hydrogen-bond donors (Lipinski definition) is 3. The van der Waals surface area contributed by atoms with E-state index in [1.165, 1.54) is 0 Å². The largest absolute Gasteiger partial charge is 0.452 e. The Bertz CT molecular complexity index is 2260. The minimum atomic E-state index is -0.843. The molecule has 0 aromatic heterocycles. The topological polar surface area (TPSA) is 101 Å². The van der Waals surface area contributed by atoms with Crippen LogP contribution in [0.4, 0.5) is 26.7 Å². The molecule has 6 aromatic carbocycles. The molecule has 0 atom stereocenters. The first-order valence-corrected chi connectivity index (χ1v) is 19.6. The van der Waals surface area contributed by atoms with Gasteiger partial charge in [0, 0.05) is 18.7 Å². The summed E-state index contributed by atoms with van der Waals surface area (Å²) in [5.74, 6) is 1.17. The summed E-state index contributed by atoms with van der Waals surface area (Å²) in [6.45, 7) is 11.6. The molecule has 0 unspecified atom stereocenters. The van der Waals surface area contributed by atoms with Crippen LogP contribution < -0.4 is 25.8 Å². The molecule has 0 aliphatic carbocycles. The van der Waals surface area contributed by atoms with Gasteiger partial charge in [0.25, 0.3) is 0 Å². The van der Waals surface area contributed by atoms with Crippen LogP contribution in [0.25, 0.3) is 0 Å². The number of ether oxygens (including phenoxy) is 3. The fraction of sp³-hybridized carbons (Fsp3) is 0.224. The molecule has 298 valence electrons. The summed E-state index contributed by atoms with van der Waals surface area (Å²) in [5, 5.41) is 8.28. The Hall–Kier alpha value is -6.74. The van der Waals surface area contributed by atoms with Crippen LogP contribution >= 0.6 is 0 Å². The monoisotopic (exact) mass is 776 g/mol. The highest BCUT2D eigenvalue weighted by Gasteiger charge is 2.30. The number of nitrogens with zero attached hydrogens (tertiary/aromatic N) is 1. The summed E-state index contributed by atoms with van der Waals surface area (Å²) in [4.78, 5) is 27.9. The van der Waals surface area contributed by atoms with Crippen molar-refractivity contribution in [3.63, 3.8) is 0 Å². The minimum Gasteiger partial charge on any atom is -0.452 e. The summed E-state index contributed by atoms with van der Waals surface area (Å²) < 4.78 is 18.7. The van der Waals surface area contributed by atoms with Crippen LogP contribution in [0.3, 0.4) is 0 Å². The van der Waals surface area contributed by atoms with E-state index in [0.29, 0.717) is 30.2 Å². The van der Waals surface area contributed by atoms with Gasteiger partial charge in [-0.15, -0.1) is 0 Å². The van der Waals surface area contributed by atoms with Crippen LogP contribution in [-0.4, -0.2) is 12.2 Å². The maximum atomic E-state index is 14.3. The zero-order chi connectivity index (χ0) is 40.9. The zero-order valence-corrected chi connectivity index (χ0v) is 33.9. The maximum absolute atomic E-state index is 14.3. The van der Waals surface area contributed by atoms with Gasteiger partial charge in [0.1, 0.15) is 24.7 Å². The first-order valence-electron chi connectivity index (χ1n) is 19.6. The van der Waals surface area contributed by atoms with E-state index in [-0.39, 0.29) is 24.3 Å². The van der Waals surface area contributed by atoms with Crippen molar-refractivity contribution in [2.45, 2.75) is 72.8 Å². The molecule has 0 aliphatic rings. The first-order chi connectivity index (χ1) is 28.1. The fourth-order valence-electron chi connectivity index (χ4n) is 6.48. The number of carbonyl (C=O) groups excluding carboxylic acids is 2. The summed E-state index contributed by atoms with van der Waals surface area (Å²) in [5.41, 5.74) is 10.7. The highest BCUT2D eigenvalue weighted by atomic mass is 16.6. The molecule has 9 heteroatoms. The minimum absolute atomic E-state index is 0.00179. The highest BCUT2D eigenvalue weighted by Crippen LogP contribution is 2.47. The molecule has 0 aliphatic heterocycles. The molecular formula is C49H52N4O5. The summed E-state index contributed by atoms with van der Waals surface area (Å²) in [6.07, 6.45) is -0.934. The lowest BCUT2D eigenvalue weighted by Gasteiger charge is -2.30. The number of rotatable bonds is 14. The molecule has 0 spiro atoms. The van der Waals surface area contributed by atoms with Crippen molar-refractivity contribution in [3.05, 3.63) is 185 Å². The van der Waals surface area contributed by atoms with E-state index in [1.807, 2.05) is 115 Å². The van der Waals surface area contributed by atoms with Gasteiger partial charge < -0.3 is 24.8 Å². The molecule has 3 N–H and O–H groups in total. The molecule has 6 aromatic rings. The first kappa shape index (κ1) is 40.9. The Morgan fingerprint density at radius 3 is 1.67 bits per heavy atom. The SMILES string of the molecule is CCc1cc(C)cc(C(C)(C)C)c1Oc1c(NCc2ccccc2)ccc(N(NC(=O)OCc2ccccc2)C(=O)OCc2ccccc2)c1NCc1ccccc1. The van der Waals surface area contributed by atoms with E-state index in [0.717, 1.165) is 56.1 Å². The van der Waals surface area contributed by atoms with Gasteiger partial charge in [0.05, 0.1) is 11.4 Å². The Balaban J connectivity index is 1.50. The Morgan fingerprint density at radius 2 is 1.14 bits per heavy atom. The molecule has 0 saturated heterocycles. The molecule has 0 saturated carbocycles. The average Bonchev–Trinajstić information content (AvgIpc) is 3.24. The van der Waals surface area contributed by atoms with Crippen molar-refractivity contribution in [3.8, 4) is 11.5 Å². The van der Waals surface area contributed by atoms with Gasteiger partial charge in [-0.3, -0.25) is 0 Å².